The first-order chi connectivity index (χ1) is 16.4. The zero-order valence-corrected chi connectivity index (χ0v) is 18.9. The van der Waals surface area contributed by atoms with E-state index in [1.807, 2.05) is 12.1 Å². The van der Waals surface area contributed by atoms with E-state index in [0.717, 1.165) is 5.69 Å². The van der Waals surface area contributed by atoms with E-state index in [1.54, 1.807) is 23.8 Å². The number of carbonyl (C=O) groups excluding carboxylic acids is 3. The highest BCUT2D eigenvalue weighted by molar-refractivity contribution is 7.99. The molecule has 10 nitrogen and oxygen atoms in total. The molecule has 0 radical (unpaired) electrons. The molecule has 3 N–H and O–H groups in total. The summed E-state index contributed by atoms with van der Waals surface area (Å²) in [6, 6.07) is 11.7. The monoisotopic (exact) mass is 484 g/mol. The van der Waals surface area contributed by atoms with Crippen molar-refractivity contribution in [2.45, 2.75) is 24.0 Å². The maximum Gasteiger partial charge on any atom is 0.321 e. The van der Waals surface area contributed by atoms with Gasteiger partial charge in [-0.1, -0.05) is 11.8 Å². The molecule has 1 aliphatic heterocycles. The van der Waals surface area contributed by atoms with Crippen molar-refractivity contribution in [3.8, 4) is 11.4 Å². The number of hydrogen-bond donors (Lipinski definition) is 3. The molecule has 1 aliphatic rings. The largest absolute Gasteiger partial charge is 0.497 e. The van der Waals surface area contributed by atoms with Gasteiger partial charge in [-0.15, -0.1) is 10.2 Å². The number of imide groups is 1. The van der Waals surface area contributed by atoms with Gasteiger partial charge in [-0.2, -0.15) is 0 Å². The second-order valence-corrected chi connectivity index (χ2v) is 8.35. The molecular weight excluding hydrogens is 463 g/mol. The number of rotatable bonds is 8. The Kier molecular flexibility index (Phi) is 7.07. The van der Waals surface area contributed by atoms with Gasteiger partial charge >= 0.3 is 6.03 Å². The number of halogens is 1. The fraction of sp³-hybridized carbons (Fsp3) is 0.227. The van der Waals surface area contributed by atoms with Gasteiger partial charge in [-0.05, 0) is 48.5 Å². The van der Waals surface area contributed by atoms with Crippen LogP contribution < -0.4 is 20.7 Å². The fourth-order valence-corrected chi connectivity index (χ4v) is 4.17. The van der Waals surface area contributed by atoms with Crippen LogP contribution >= 0.6 is 11.8 Å². The number of carbonyl (C=O) groups is 3. The third kappa shape index (κ3) is 5.70. The Hall–Kier alpha value is -3.93. The molecule has 0 spiro atoms. The number of urea groups is 1. The molecule has 0 aliphatic carbocycles. The third-order valence-corrected chi connectivity index (χ3v) is 5.87. The molecule has 12 heteroatoms. The van der Waals surface area contributed by atoms with Crippen molar-refractivity contribution in [3.63, 3.8) is 0 Å². The standard InChI is InChI=1S/C22H21FN6O4S/c1-33-17-8-6-16(7-9-17)29-18(10-15-11-19(30)26-21(32)25-15)27-28-22(29)34-12-20(31)24-14-4-2-13(23)3-5-14/h2-9,15H,10-12H2,1H3,(H,24,31)(H2,25,26,30,32). The van der Waals surface area contributed by atoms with Gasteiger partial charge in [-0.25, -0.2) is 9.18 Å². The number of thioether (sulfide) groups is 1. The van der Waals surface area contributed by atoms with E-state index in [1.165, 1.54) is 36.0 Å². The van der Waals surface area contributed by atoms with E-state index >= 15 is 0 Å². The molecule has 2 aromatic carbocycles. The van der Waals surface area contributed by atoms with Gasteiger partial charge in [0.25, 0.3) is 0 Å². The van der Waals surface area contributed by atoms with Crippen LogP contribution in [0.5, 0.6) is 5.75 Å². The zero-order valence-electron chi connectivity index (χ0n) is 18.1. The number of benzene rings is 2. The second kappa shape index (κ2) is 10.3. The molecule has 0 saturated carbocycles. The number of amides is 4. The van der Waals surface area contributed by atoms with Crippen molar-refractivity contribution in [3.05, 3.63) is 60.2 Å². The van der Waals surface area contributed by atoms with Crippen LogP contribution in [0.25, 0.3) is 5.69 Å². The SMILES string of the molecule is COc1ccc(-n2c(CC3CC(=O)NC(=O)N3)nnc2SCC(=O)Nc2ccc(F)cc2)cc1. The summed E-state index contributed by atoms with van der Waals surface area (Å²) >= 11 is 1.17. The predicted octanol–water partition coefficient (Wildman–Crippen LogP) is 2.29. The summed E-state index contributed by atoms with van der Waals surface area (Å²) in [5.41, 5.74) is 1.21. The Bertz CT molecular complexity index is 1180. The molecule has 2 heterocycles. The van der Waals surface area contributed by atoms with E-state index in [4.69, 9.17) is 4.74 Å². The van der Waals surface area contributed by atoms with Crippen LogP contribution in [0.1, 0.15) is 12.2 Å². The van der Waals surface area contributed by atoms with Crippen LogP contribution in [-0.2, 0) is 16.0 Å². The summed E-state index contributed by atoms with van der Waals surface area (Å²) in [5, 5.41) is 16.6. The number of ether oxygens (including phenoxy) is 1. The molecule has 176 valence electrons. The Labute approximate surface area is 198 Å². The van der Waals surface area contributed by atoms with Gasteiger partial charge in [0.15, 0.2) is 5.16 Å². The van der Waals surface area contributed by atoms with Crippen LogP contribution in [-0.4, -0.2) is 51.5 Å². The minimum Gasteiger partial charge on any atom is -0.497 e. The number of nitrogens with one attached hydrogen (secondary N) is 3. The zero-order chi connectivity index (χ0) is 24.1. The van der Waals surface area contributed by atoms with Crippen LogP contribution in [0.15, 0.2) is 53.7 Å². The summed E-state index contributed by atoms with van der Waals surface area (Å²) < 4.78 is 20.1. The van der Waals surface area contributed by atoms with Gasteiger partial charge < -0.3 is 15.4 Å². The fourth-order valence-electron chi connectivity index (χ4n) is 3.39. The van der Waals surface area contributed by atoms with Crippen LogP contribution in [0.3, 0.4) is 0 Å². The molecular formula is C22H21FN6O4S. The number of aromatic nitrogens is 3. The molecule has 1 aromatic heterocycles. The summed E-state index contributed by atoms with van der Waals surface area (Å²) in [4.78, 5) is 35.8. The number of methoxy groups -OCH3 is 1. The van der Waals surface area contributed by atoms with Gasteiger partial charge in [-0.3, -0.25) is 19.5 Å². The predicted molar refractivity (Wildman–Crippen MR) is 122 cm³/mol. The smallest absolute Gasteiger partial charge is 0.321 e. The van der Waals surface area contributed by atoms with Crippen molar-refractivity contribution in [1.29, 1.82) is 0 Å². The average molecular weight is 485 g/mol. The van der Waals surface area contributed by atoms with Crippen LogP contribution in [0.2, 0.25) is 0 Å². The Morgan fingerprint density at radius 1 is 1.18 bits per heavy atom. The van der Waals surface area contributed by atoms with Crippen molar-refractivity contribution in [1.82, 2.24) is 25.4 Å². The molecule has 1 fully saturated rings. The first-order valence-corrected chi connectivity index (χ1v) is 11.3. The molecule has 0 bridgehead atoms. The van der Waals surface area contributed by atoms with Crippen molar-refractivity contribution in [2.75, 3.05) is 18.2 Å². The lowest BCUT2D eigenvalue weighted by atomic mass is 10.1. The quantitative estimate of drug-likeness (QED) is 0.419. The van der Waals surface area contributed by atoms with Gasteiger partial charge in [0.1, 0.15) is 17.4 Å². The minimum atomic E-state index is -0.552. The highest BCUT2D eigenvalue weighted by Gasteiger charge is 2.27. The maximum atomic E-state index is 13.1. The lowest BCUT2D eigenvalue weighted by Gasteiger charge is -2.23. The Morgan fingerprint density at radius 2 is 1.91 bits per heavy atom. The highest BCUT2D eigenvalue weighted by atomic mass is 32.2. The van der Waals surface area contributed by atoms with Crippen molar-refractivity contribution in [2.24, 2.45) is 0 Å². The number of nitrogens with zero attached hydrogens (tertiary/aromatic N) is 3. The van der Waals surface area contributed by atoms with E-state index in [9.17, 15) is 18.8 Å². The summed E-state index contributed by atoms with van der Waals surface area (Å²) in [6.45, 7) is 0. The Balaban J connectivity index is 1.53. The molecule has 4 amide bonds. The summed E-state index contributed by atoms with van der Waals surface area (Å²) in [6.07, 6.45) is 0.379. The van der Waals surface area contributed by atoms with Gasteiger partial charge in [0.2, 0.25) is 11.8 Å². The summed E-state index contributed by atoms with van der Waals surface area (Å²) in [7, 11) is 1.57. The van der Waals surface area contributed by atoms with Crippen molar-refractivity contribution >= 4 is 35.3 Å². The minimum absolute atomic E-state index is 0.0359. The lowest BCUT2D eigenvalue weighted by molar-refractivity contribution is -0.121. The first-order valence-electron chi connectivity index (χ1n) is 10.3. The normalized spacial score (nSPS) is 15.4. The van der Waals surface area contributed by atoms with Crippen LogP contribution in [0.4, 0.5) is 14.9 Å². The maximum absolute atomic E-state index is 13.1. The Morgan fingerprint density at radius 3 is 2.59 bits per heavy atom. The van der Waals surface area contributed by atoms with E-state index in [0.29, 0.717) is 22.4 Å². The topological polar surface area (TPSA) is 127 Å². The average Bonchev–Trinajstić information content (AvgIpc) is 3.21. The molecule has 1 unspecified atom stereocenters. The van der Waals surface area contributed by atoms with Crippen molar-refractivity contribution < 1.29 is 23.5 Å². The number of anilines is 1. The molecule has 4 rings (SSSR count). The number of hydrogen-bond acceptors (Lipinski definition) is 7. The van der Waals surface area contributed by atoms with Crippen LogP contribution in [0, 0.1) is 5.82 Å². The molecule has 3 aromatic rings. The third-order valence-electron chi connectivity index (χ3n) is 4.94. The second-order valence-electron chi connectivity index (χ2n) is 7.40. The van der Waals surface area contributed by atoms with E-state index in [2.05, 4.69) is 26.1 Å². The van der Waals surface area contributed by atoms with E-state index < -0.39 is 12.1 Å². The first kappa shape index (κ1) is 23.2. The van der Waals surface area contributed by atoms with Gasteiger partial charge in [0.05, 0.1) is 12.9 Å². The van der Waals surface area contributed by atoms with E-state index in [-0.39, 0.29) is 36.2 Å². The molecule has 34 heavy (non-hydrogen) atoms. The summed E-state index contributed by atoms with van der Waals surface area (Å²) in [5.74, 6) is 0.178. The molecule has 1 atom stereocenters. The highest BCUT2D eigenvalue weighted by Crippen LogP contribution is 2.25. The van der Waals surface area contributed by atoms with Gasteiger partial charge in [0, 0.05) is 30.3 Å². The molecule has 1 saturated heterocycles. The lowest BCUT2D eigenvalue weighted by Crippen LogP contribution is -2.53.